The van der Waals surface area contributed by atoms with Gasteiger partial charge in [-0.05, 0) is 30.7 Å². The molecule has 0 aliphatic rings. The van der Waals surface area contributed by atoms with Crippen molar-refractivity contribution in [2.75, 3.05) is 7.11 Å². The van der Waals surface area contributed by atoms with Crippen molar-refractivity contribution in [1.29, 1.82) is 5.26 Å². The average molecular weight is 217 g/mol. The van der Waals surface area contributed by atoms with E-state index in [9.17, 15) is 4.79 Å². The van der Waals surface area contributed by atoms with Gasteiger partial charge in [0.25, 0.3) is 6.26 Å². The molecule has 0 radical (unpaired) electrons. The minimum Gasteiger partial charge on any atom is -0.497 e. The number of nitrogens with zero attached hydrogens (tertiary/aromatic N) is 1. The van der Waals surface area contributed by atoms with Crippen molar-refractivity contribution < 1.29 is 14.3 Å². The minimum atomic E-state index is -0.640. The Hall–Kier alpha value is -2.28. The van der Waals surface area contributed by atoms with Gasteiger partial charge in [-0.1, -0.05) is 12.1 Å². The number of hydrogen-bond donors (Lipinski definition) is 0. The van der Waals surface area contributed by atoms with E-state index < -0.39 is 5.97 Å². The first-order valence-corrected chi connectivity index (χ1v) is 4.60. The fourth-order valence-electron chi connectivity index (χ4n) is 1.13. The van der Waals surface area contributed by atoms with Crippen LogP contribution in [0.4, 0.5) is 0 Å². The van der Waals surface area contributed by atoms with Crippen molar-refractivity contribution >= 4 is 12.0 Å². The molecule has 1 aromatic rings. The van der Waals surface area contributed by atoms with Crippen LogP contribution in [-0.2, 0) is 9.53 Å². The monoisotopic (exact) mass is 217 g/mol. The molecule has 0 saturated heterocycles. The Labute approximate surface area is 93.7 Å². The van der Waals surface area contributed by atoms with Crippen LogP contribution in [-0.4, -0.2) is 13.1 Å². The van der Waals surface area contributed by atoms with Gasteiger partial charge in [-0.15, -0.1) is 5.26 Å². The highest BCUT2D eigenvalue weighted by atomic mass is 16.5. The lowest BCUT2D eigenvalue weighted by atomic mass is 10.1. The first-order chi connectivity index (χ1) is 7.67. The number of hydrogen-bond acceptors (Lipinski definition) is 4. The highest BCUT2D eigenvalue weighted by Crippen LogP contribution is 2.14. The van der Waals surface area contributed by atoms with Crippen LogP contribution in [0.5, 0.6) is 5.75 Å². The highest BCUT2D eigenvalue weighted by Gasteiger charge is 2.04. The van der Waals surface area contributed by atoms with E-state index >= 15 is 0 Å². The molecule has 0 unspecified atom stereocenters. The number of methoxy groups -OCH3 is 1. The molecule has 0 aliphatic carbocycles. The number of rotatable bonds is 3. The van der Waals surface area contributed by atoms with E-state index in [0.717, 1.165) is 11.3 Å². The van der Waals surface area contributed by atoms with Crippen LogP contribution in [0.2, 0.25) is 0 Å². The molecule has 0 saturated carbocycles. The Bertz CT molecular complexity index is 440. The molecule has 0 bridgehead atoms. The zero-order chi connectivity index (χ0) is 12.0. The number of carbonyl (C=O) groups excluding carboxylic acids is 1. The largest absolute Gasteiger partial charge is 0.497 e. The van der Waals surface area contributed by atoms with Crippen molar-refractivity contribution in [1.82, 2.24) is 0 Å². The molecule has 4 nitrogen and oxygen atoms in total. The number of carbonyl (C=O) groups is 1. The smallest absolute Gasteiger partial charge is 0.349 e. The van der Waals surface area contributed by atoms with E-state index in [-0.39, 0.29) is 0 Å². The van der Waals surface area contributed by atoms with E-state index in [1.807, 2.05) is 12.1 Å². The molecule has 0 aromatic heterocycles. The summed E-state index contributed by atoms with van der Waals surface area (Å²) in [7, 11) is 1.58. The van der Waals surface area contributed by atoms with Crippen LogP contribution in [0, 0.1) is 11.5 Å². The lowest BCUT2D eigenvalue weighted by molar-refractivity contribution is -0.132. The number of nitriles is 1. The second-order valence-electron chi connectivity index (χ2n) is 3.08. The molecular weight excluding hydrogens is 206 g/mol. The van der Waals surface area contributed by atoms with E-state index in [0.29, 0.717) is 5.57 Å². The van der Waals surface area contributed by atoms with E-state index in [2.05, 4.69) is 4.74 Å². The van der Waals surface area contributed by atoms with Gasteiger partial charge in [0.05, 0.1) is 7.11 Å². The molecular formula is C12H11NO3. The average Bonchev–Trinajstić information content (AvgIpc) is 2.30. The van der Waals surface area contributed by atoms with Gasteiger partial charge in [0.2, 0.25) is 0 Å². The number of esters is 1. The quantitative estimate of drug-likeness (QED) is 0.442. The summed E-state index contributed by atoms with van der Waals surface area (Å²) in [4.78, 5) is 11.1. The van der Waals surface area contributed by atoms with Crippen molar-refractivity contribution in [2.24, 2.45) is 0 Å². The molecule has 16 heavy (non-hydrogen) atoms. The van der Waals surface area contributed by atoms with Crippen LogP contribution < -0.4 is 4.74 Å². The maximum atomic E-state index is 11.1. The van der Waals surface area contributed by atoms with E-state index in [4.69, 9.17) is 10.00 Å². The fraction of sp³-hybridized carbons (Fsp3) is 0.167. The molecule has 0 spiro atoms. The number of benzene rings is 1. The third kappa shape index (κ3) is 3.14. The summed E-state index contributed by atoms with van der Waals surface area (Å²) >= 11 is 0. The molecule has 1 rings (SSSR count). The molecule has 0 amide bonds. The molecule has 82 valence electrons. The van der Waals surface area contributed by atoms with Gasteiger partial charge in [0, 0.05) is 5.57 Å². The predicted molar refractivity (Wildman–Crippen MR) is 58.4 cm³/mol. The van der Waals surface area contributed by atoms with Gasteiger partial charge in [-0.25, -0.2) is 4.79 Å². The molecule has 0 fully saturated rings. The lowest BCUT2D eigenvalue weighted by Crippen LogP contribution is -2.00. The second kappa shape index (κ2) is 5.56. The Balaban J connectivity index is 2.82. The highest BCUT2D eigenvalue weighted by molar-refractivity contribution is 5.93. The van der Waals surface area contributed by atoms with Crippen molar-refractivity contribution in [3.05, 3.63) is 35.4 Å². The van der Waals surface area contributed by atoms with Crippen LogP contribution in [0.3, 0.4) is 0 Å². The van der Waals surface area contributed by atoms with Crippen molar-refractivity contribution in [2.45, 2.75) is 6.92 Å². The van der Waals surface area contributed by atoms with Gasteiger partial charge >= 0.3 is 5.97 Å². The van der Waals surface area contributed by atoms with Crippen LogP contribution >= 0.6 is 0 Å². The standard InChI is InChI=1S/C12H11NO3/c1-9(12(14)16-8-13)7-10-3-5-11(15-2)6-4-10/h3-7H,1-2H3. The Morgan fingerprint density at radius 1 is 1.38 bits per heavy atom. The van der Waals surface area contributed by atoms with Crippen molar-refractivity contribution in [3.8, 4) is 12.0 Å². The second-order valence-corrected chi connectivity index (χ2v) is 3.08. The maximum Gasteiger partial charge on any atom is 0.349 e. The summed E-state index contributed by atoms with van der Waals surface area (Å²) in [5.74, 6) is 0.104. The third-order valence-corrected chi connectivity index (χ3v) is 1.96. The van der Waals surface area contributed by atoms with Crippen LogP contribution in [0.1, 0.15) is 12.5 Å². The zero-order valence-electron chi connectivity index (χ0n) is 9.06. The molecule has 0 N–H and O–H groups in total. The molecule has 4 heteroatoms. The van der Waals surface area contributed by atoms with Gasteiger partial charge < -0.3 is 9.47 Å². The Morgan fingerprint density at radius 3 is 2.50 bits per heavy atom. The lowest BCUT2D eigenvalue weighted by Gasteiger charge is -2.00. The summed E-state index contributed by atoms with van der Waals surface area (Å²) in [6, 6.07) is 7.19. The molecule has 0 aliphatic heterocycles. The molecule has 0 atom stereocenters. The van der Waals surface area contributed by atoms with Crippen LogP contribution in [0.15, 0.2) is 29.8 Å². The first kappa shape index (κ1) is 11.8. The normalized spacial score (nSPS) is 10.4. The topological polar surface area (TPSA) is 59.3 Å². The van der Waals surface area contributed by atoms with Gasteiger partial charge in [-0.3, -0.25) is 0 Å². The minimum absolute atomic E-state index is 0.367. The Morgan fingerprint density at radius 2 is 2.00 bits per heavy atom. The van der Waals surface area contributed by atoms with Gasteiger partial charge in [0.1, 0.15) is 5.75 Å². The first-order valence-electron chi connectivity index (χ1n) is 4.60. The summed E-state index contributed by atoms with van der Waals surface area (Å²) < 4.78 is 9.20. The summed E-state index contributed by atoms with van der Waals surface area (Å²) in [6.45, 7) is 1.59. The Kier molecular flexibility index (Phi) is 4.10. The summed E-state index contributed by atoms with van der Waals surface area (Å²) in [5, 5.41) is 8.18. The number of ether oxygens (including phenoxy) is 2. The summed E-state index contributed by atoms with van der Waals surface area (Å²) in [5.41, 5.74) is 1.21. The summed E-state index contributed by atoms with van der Waals surface area (Å²) in [6.07, 6.45) is 2.98. The zero-order valence-corrected chi connectivity index (χ0v) is 9.06. The van der Waals surface area contributed by atoms with Crippen LogP contribution in [0.25, 0.3) is 6.08 Å². The van der Waals surface area contributed by atoms with E-state index in [1.54, 1.807) is 32.2 Å². The van der Waals surface area contributed by atoms with Gasteiger partial charge in [0.15, 0.2) is 0 Å². The maximum absolute atomic E-state index is 11.1. The predicted octanol–water partition coefficient (Wildman–Crippen LogP) is 2.12. The van der Waals surface area contributed by atoms with Gasteiger partial charge in [-0.2, -0.15) is 0 Å². The molecule has 1 aromatic carbocycles. The molecule has 0 heterocycles. The third-order valence-electron chi connectivity index (χ3n) is 1.96. The SMILES string of the molecule is COc1ccc(C=C(C)C(=O)OC#N)cc1. The fourth-order valence-corrected chi connectivity index (χ4v) is 1.13. The van der Waals surface area contributed by atoms with Crippen molar-refractivity contribution in [3.63, 3.8) is 0 Å². The van der Waals surface area contributed by atoms with E-state index in [1.165, 1.54) is 6.26 Å².